The van der Waals surface area contributed by atoms with Gasteiger partial charge in [-0.2, -0.15) is 17.6 Å². The molecule has 2 aromatic carbocycles. The maximum absolute atomic E-state index is 13.4. The Morgan fingerprint density at radius 2 is 1.39 bits per heavy atom. The molecule has 0 spiro atoms. The minimum absolute atomic E-state index is 0.299. The minimum Gasteiger partial charge on any atom is -0.427 e. The second kappa shape index (κ2) is 8.58. The average Bonchev–Trinajstić information content (AvgIpc) is 2.65. The Morgan fingerprint density at radius 1 is 0.903 bits per heavy atom. The summed E-state index contributed by atoms with van der Waals surface area (Å²) >= 11 is 5.65. The van der Waals surface area contributed by atoms with Gasteiger partial charge in [0.05, 0.1) is 41.5 Å². The number of anilines is 1. The summed E-state index contributed by atoms with van der Waals surface area (Å²) in [5.74, 6) is -1.03. The first-order chi connectivity index (χ1) is 14.2. The first kappa shape index (κ1) is 24.2. The van der Waals surface area contributed by atoms with Gasteiger partial charge in [0.1, 0.15) is 11.3 Å². The molecule has 0 unspecified atom stereocenters. The van der Waals surface area contributed by atoms with Crippen LogP contribution in [0, 0.1) is 30.3 Å². The zero-order chi connectivity index (χ0) is 23.8. The van der Waals surface area contributed by atoms with Crippen LogP contribution in [0.1, 0.15) is 0 Å². The molecule has 0 atom stereocenters. The second-order valence-corrected chi connectivity index (χ2v) is 7.15. The molecular formula is C14H6Br2F4N4O7. The summed E-state index contributed by atoms with van der Waals surface area (Å²) in [7, 11) is 0. The van der Waals surface area contributed by atoms with E-state index in [0.29, 0.717) is 18.2 Å². The van der Waals surface area contributed by atoms with Crippen LogP contribution >= 0.6 is 31.9 Å². The molecule has 2 N–H and O–H groups in total. The van der Waals surface area contributed by atoms with Crippen LogP contribution in [-0.2, 0) is 0 Å². The molecule has 31 heavy (non-hydrogen) atoms. The number of ether oxygens (including phenoxy) is 1. The van der Waals surface area contributed by atoms with Crippen molar-refractivity contribution in [1.29, 1.82) is 0 Å². The van der Waals surface area contributed by atoms with Gasteiger partial charge < -0.3 is 10.5 Å². The van der Waals surface area contributed by atoms with Gasteiger partial charge in [-0.3, -0.25) is 30.3 Å². The van der Waals surface area contributed by atoms with E-state index in [0.717, 1.165) is 0 Å². The molecule has 0 saturated heterocycles. The van der Waals surface area contributed by atoms with Crippen molar-refractivity contribution in [3.8, 4) is 16.9 Å². The van der Waals surface area contributed by atoms with Gasteiger partial charge in [0.2, 0.25) is 0 Å². The van der Waals surface area contributed by atoms with Crippen LogP contribution in [0.4, 0.5) is 40.3 Å². The molecular weight excluding hydrogens is 572 g/mol. The number of rotatable bonds is 7. The first-order valence-corrected chi connectivity index (χ1v) is 9.01. The van der Waals surface area contributed by atoms with Gasteiger partial charge in [-0.1, -0.05) is 0 Å². The van der Waals surface area contributed by atoms with E-state index in [4.69, 9.17) is 5.73 Å². The van der Waals surface area contributed by atoms with Gasteiger partial charge in [-0.05, 0) is 31.9 Å². The third kappa shape index (κ3) is 4.66. The number of nitro benzene ring substituents is 3. The Hall–Kier alpha value is -3.08. The average molecular weight is 578 g/mol. The van der Waals surface area contributed by atoms with Crippen molar-refractivity contribution in [2.24, 2.45) is 0 Å². The molecule has 11 nitrogen and oxygen atoms in total. The maximum atomic E-state index is 13.4. The van der Waals surface area contributed by atoms with Crippen LogP contribution in [0.25, 0.3) is 11.1 Å². The van der Waals surface area contributed by atoms with E-state index in [9.17, 15) is 47.9 Å². The van der Waals surface area contributed by atoms with Crippen LogP contribution in [0.3, 0.4) is 0 Å². The summed E-state index contributed by atoms with van der Waals surface area (Å²) in [6, 6.07) is 1.47. The Balaban J connectivity index is 2.98. The number of non-ortho nitro benzene ring substituents is 1. The molecule has 0 heterocycles. The molecule has 166 valence electrons. The van der Waals surface area contributed by atoms with Gasteiger partial charge in [0.15, 0.2) is 0 Å². The second-order valence-electron chi connectivity index (χ2n) is 5.56. The molecule has 2 aromatic rings. The van der Waals surface area contributed by atoms with Crippen LogP contribution in [0.2, 0.25) is 0 Å². The molecule has 17 heteroatoms. The lowest BCUT2D eigenvalue weighted by Crippen LogP contribution is -2.33. The van der Waals surface area contributed by atoms with E-state index in [1.54, 1.807) is 0 Å². The molecule has 0 bridgehead atoms. The van der Waals surface area contributed by atoms with Crippen LogP contribution < -0.4 is 10.5 Å². The lowest BCUT2D eigenvalue weighted by atomic mass is 9.99. The van der Waals surface area contributed by atoms with Crippen molar-refractivity contribution in [1.82, 2.24) is 0 Å². The highest BCUT2D eigenvalue weighted by atomic mass is 79.9. The molecule has 0 radical (unpaired) electrons. The number of hydrogen-bond donors (Lipinski definition) is 1. The lowest BCUT2D eigenvalue weighted by Gasteiger charge is -2.20. The van der Waals surface area contributed by atoms with E-state index >= 15 is 0 Å². The van der Waals surface area contributed by atoms with E-state index in [1.165, 1.54) is 0 Å². The number of nitrogens with two attached hydrogens (primary N) is 1. The van der Waals surface area contributed by atoms with Crippen LogP contribution in [-0.4, -0.2) is 27.3 Å². The SMILES string of the molecule is Nc1cc(OC(F)(F)C(F)F)c(Br)c(-c2c([N+](=O)[O-])cc([N+](=O)[O-])cc2[N+](=O)[O-])c1Br. The summed E-state index contributed by atoms with van der Waals surface area (Å²) in [6.45, 7) is 0. The molecule has 2 rings (SSSR count). The fraction of sp³-hybridized carbons (Fsp3) is 0.143. The molecule has 0 amide bonds. The van der Waals surface area contributed by atoms with Gasteiger partial charge in [-0.15, -0.1) is 0 Å². The van der Waals surface area contributed by atoms with E-state index < -0.39 is 71.4 Å². The molecule has 0 aliphatic heterocycles. The fourth-order valence-corrected chi connectivity index (χ4v) is 3.73. The predicted molar refractivity (Wildman–Crippen MR) is 103 cm³/mol. The summed E-state index contributed by atoms with van der Waals surface area (Å²) in [4.78, 5) is 30.5. The number of halogens is 6. The Kier molecular flexibility index (Phi) is 6.69. The van der Waals surface area contributed by atoms with E-state index in [2.05, 4.69) is 36.6 Å². The third-order valence-corrected chi connectivity index (χ3v) is 5.27. The quantitative estimate of drug-likeness (QED) is 0.197. The summed E-state index contributed by atoms with van der Waals surface area (Å²) in [5, 5.41) is 34.0. The number of nitro groups is 3. The van der Waals surface area contributed by atoms with Crippen molar-refractivity contribution in [2.45, 2.75) is 12.5 Å². The molecule has 0 saturated carbocycles. The maximum Gasteiger partial charge on any atom is 0.461 e. The Bertz CT molecular complexity index is 1080. The van der Waals surface area contributed by atoms with E-state index in [1.807, 2.05) is 0 Å². The fourth-order valence-electron chi connectivity index (χ4n) is 2.36. The van der Waals surface area contributed by atoms with Gasteiger partial charge in [0, 0.05) is 11.6 Å². The Morgan fingerprint density at radius 3 is 1.77 bits per heavy atom. The summed E-state index contributed by atoms with van der Waals surface area (Å²) in [5.41, 5.74) is 0.364. The normalized spacial score (nSPS) is 11.5. The highest BCUT2D eigenvalue weighted by Crippen LogP contribution is 2.51. The topological polar surface area (TPSA) is 165 Å². The number of nitrogens with zero attached hydrogens (tertiary/aromatic N) is 3. The summed E-state index contributed by atoms with van der Waals surface area (Å²) < 4.78 is 54.9. The lowest BCUT2D eigenvalue weighted by molar-refractivity contribution is -0.402. The molecule has 0 aliphatic carbocycles. The number of benzene rings is 2. The Labute approximate surface area is 184 Å². The molecule has 0 aliphatic rings. The van der Waals surface area contributed by atoms with Crippen molar-refractivity contribution in [3.63, 3.8) is 0 Å². The van der Waals surface area contributed by atoms with Crippen molar-refractivity contribution >= 4 is 54.6 Å². The van der Waals surface area contributed by atoms with Crippen molar-refractivity contribution in [2.75, 3.05) is 5.73 Å². The molecule has 0 aromatic heterocycles. The smallest absolute Gasteiger partial charge is 0.427 e. The van der Waals surface area contributed by atoms with Crippen molar-refractivity contribution in [3.05, 3.63) is 57.5 Å². The number of hydrogen-bond acceptors (Lipinski definition) is 8. The van der Waals surface area contributed by atoms with Gasteiger partial charge >= 0.3 is 12.5 Å². The van der Waals surface area contributed by atoms with Gasteiger partial charge in [0.25, 0.3) is 17.1 Å². The summed E-state index contributed by atoms with van der Waals surface area (Å²) in [6.07, 6.45) is -9.27. The third-order valence-electron chi connectivity index (χ3n) is 3.63. The zero-order valence-electron chi connectivity index (χ0n) is 14.4. The minimum atomic E-state index is -5.01. The van der Waals surface area contributed by atoms with Crippen LogP contribution in [0.15, 0.2) is 27.1 Å². The zero-order valence-corrected chi connectivity index (χ0v) is 17.5. The van der Waals surface area contributed by atoms with Crippen LogP contribution in [0.5, 0.6) is 5.75 Å². The predicted octanol–water partition coefficient (Wildman–Crippen LogP) is 5.42. The molecule has 0 fully saturated rings. The number of alkyl halides is 4. The standard InChI is InChI=1S/C14H6Br2F4N4O7/c15-11-5(21)3-8(31-14(19,20)13(17)18)12(16)10(11)9-6(23(27)28)1-4(22(25)26)2-7(9)24(29)30/h1-3,13H,21H2. The van der Waals surface area contributed by atoms with Gasteiger partial charge in [-0.25, -0.2) is 0 Å². The number of nitrogen functional groups attached to an aromatic ring is 1. The first-order valence-electron chi connectivity index (χ1n) is 7.43. The van der Waals surface area contributed by atoms with E-state index in [-0.39, 0.29) is 4.47 Å². The highest BCUT2D eigenvalue weighted by Gasteiger charge is 2.45. The largest absolute Gasteiger partial charge is 0.461 e. The monoisotopic (exact) mass is 576 g/mol. The highest BCUT2D eigenvalue weighted by molar-refractivity contribution is 9.11. The van der Waals surface area contributed by atoms with Crippen molar-refractivity contribution < 1.29 is 37.1 Å².